The topological polar surface area (TPSA) is 38.3 Å². The number of hydrogen-bond acceptors (Lipinski definition) is 2. The van der Waals surface area contributed by atoms with Crippen molar-refractivity contribution >= 4 is 14.2 Å². The Kier molecular flexibility index (Phi) is 6.28. The summed E-state index contributed by atoms with van der Waals surface area (Å²) in [4.78, 5) is 13.3. The molecule has 1 atom stereocenters. The van der Waals surface area contributed by atoms with Gasteiger partial charge in [-0.3, -0.25) is 4.79 Å². The van der Waals surface area contributed by atoms with E-state index in [9.17, 15) is 4.79 Å². The summed E-state index contributed by atoms with van der Waals surface area (Å²) in [6, 6.07) is 10.0. The zero-order valence-corrected chi connectivity index (χ0v) is 17.4. The molecule has 1 aromatic carbocycles. The normalized spacial score (nSPS) is 24.4. The Morgan fingerprint density at radius 3 is 2.40 bits per heavy atom. The molecule has 0 fully saturated rings. The second-order valence-electron chi connectivity index (χ2n) is 8.48. The van der Waals surface area contributed by atoms with Gasteiger partial charge >= 0.3 is 0 Å². The third-order valence-corrected chi connectivity index (χ3v) is 9.97. The van der Waals surface area contributed by atoms with E-state index in [0.717, 1.165) is 24.8 Å². The van der Waals surface area contributed by atoms with Crippen molar-refractivity contribution in [2.45, 2.75) is 70.2 Å². The van der Waals surface area contributed by atoms with Gasteiger partial charge in [-0.25, -0.2) is 0 Å². The SMILES string of the molecule is CC(C)(C)[Si](C)(C)OC1(c2ccccc2)C/C=C/CCCCNC1=O. The number of rotatable bonds is 3. The molecule has 138 valence electrons. The minimum Gasteiger partial charge on any atom is -0.399 e. The van der Waals surface area contributed by atoms with Crippen LogP contribution in [0.1, 0.15) is 52.0 Å². The van der Waals surface area contributed by atoms with Crippen LogP contribution in [-0.4, -0.2) is 20.8 Å². The first-order valence-corrected chi connectivity index (χ1v) is 12.3. The first-order valence-electron chi connectivity index (χ1n) is 9.38. The fraction of sp³-hybridized carbons (Fsp3) is 0.571. The lowest BCUT2D eigenvalue weighted by Crippen LogP contribution is -2.55. The van der Waals surface area contributed by atoms with Gasteiger partial charge < -0.3 is 9.74 Å². The minimum atomic E-state index is -2.15. The molecular formula is C21H33NO2Si. The van der Waals surface area contributed by atoms with Gasteiger partial charge in [-0.2, -0.15) is 0 Å². The molecule has 1 heterocycles. The third-order valence-electron chi connectivity index (χ3n) is 5.50. The Morgan fingerprint density at radius 1 is 1.08 bits per heavy atom. The Bertz CT molecular complexity index is 604. The molecule has 0 radical (unpaired) electrons. The van der Waals surface area contributed by atoms with Gasteiger partial charge in [-0.15, -0.1) is 0 Å². The lowest BCUT2D eigenvalue weighted by atomic mass is 9.88. The highest BCUT2D eigenvalue weighted by Gasteiger charge is 2.49. The molecule has 0 aliphatic carbocycles. The average molecular weight is 360 g/mol. The van der Waals surface area contributed by atoms with E-state index in [2.05, 4.69) is 51.3 Å². The Morgan fingerprint density at radius 2 is 1.76 bits per heavy atom. The quantitative estimate of drug-likeness (QED) is 0.599. The van der Waals surface area contributed by atoms with E-state index < -0.39 is 13.9 Å². The van der Waals surface area contributed by atoms with Crippen LogP contribution in [0.4, 0.5) is 0 Å². The molecule has 0 aromatic heterocycles. The van der Waals surface area contributed by atoms with E-state index in [1.165, 1.54) is 0 Å². The Labute approximate surface area is 154 Å². The van der Waals surface area contributed by atoms with Crippen LogP contribution in [0.2, 0.25) is 18.1 Å². The molecule has 1 N–H and O–H groups in total. The van der Waals surface area contributed by atoms with Gasteiger partial charge in [0.15, 0.2) is 13.9 Å². The molecule has 1 amide bonds. The van der Waals surface area contributed by atoms with E-state index in [-0.39, 0.29) is 10.9 Å². The maximum absolute atomic E-state index is 13.3. The van der Waals surface area contributed by atoms with Crippen LogP contribution >= 0.6 is 0 Å². The van der Waals surface area contributed by atoms with Crippen molar-refractivity contribution < 1.29 is 9.22 Å². The van der Waals surface area contributed by atoms with Crippen LogP contribution in [0.25, 0.3) is 0 Å². The van der Waals surface area contributed by atoms with Crippen LogP contribution < -0.4 is 5.32 Å². The molecule has 1 unspecified atom stereocenters. The van der Waals surface area contributed by atoms with Crippen molar-refractivity contribution in [3.8, 4) is 0 Å². The van der Waals surface area contributed by atoms with Crippen LogP contribution in [0, 0.1) is 0 Å². The zero-order chi connectivity index (χ0) is 18.6. The summed E-state index contributed by atoms with van der Waals surface area (Å²) in [5.74, 6) is -0.00456. The summed E-state index contributed by atoms with van der Waals surface area (Å²) in [7, 11) is -2.15. The smallest absolute Gasteiger partial charge is 0.256 e. The van der Waals surface area contributed by atoms with Crippen molar-refractivity contribution in [3.05, 3.63) is 48.0 Å². The highest BCUT2D eigenvalue weighted by Crippen LogP contribution is 2.43. The van der Waals surface area contributed by atoms with Crippen molar-refractivity contribution in [1.29, 1.82) is 0 Å². The molecule has 0 saturated heterocycles. The summed E-state index contributed by atoms with van der Waals surface area (Å²) in [6.45, 7) is 11.8. The Hall–Kier alpha value is -1.39. The van der Waals surface area contributed by atoms with E-state index in [1.54, 1.807) is 0 Å². The summed E-state index contributed by atoms with van der Waals surface area (Å²) in [5, 5.41) is 3.18. The monoisotopic (exact) mass is 359 g/mol. The van der Waals surface area contributed by atoms with Crippen molar-refractivity contribution in [1.82, 2.24) is 5.32 Å². The number of hydrogen-bond donors (Lipinski definition) is 1. The molecule has 0 saturated carbocycles. The molecule has 1 aliphatic heterocycles. The lowest BCUT2D eigenvalue weighted by Gasteiger charge is -2.45. The van der Waals surface area contributed by atoms with E-state index in [4.69, 9.17) is 4.43 Å². The highest BCUT2D eigenvalue weighted by atomic mass is 28.4. The molecule has 1 aromatic rings. The fourth-order valence-corrected chi connectivity index (χ4v) is 4.35. The van der Waals surface area contributed by atoms with Gasteiger partial charge in [-0.05, 0) is 43.0 Å². The van der Waals surface area contributed by atoms with Crippen molar-refractivity contribution in [2.24, 2.45) is 0 Å². The van der Waals surface area contributed by atoms with Crippen LogP contribution in [0.5, 0.6) is 0 Å². The third kappa shape index (κ3) is 4.62. The molecule has 4 heteroatoms. The second-order valence-corrected chi connectivity index (χ2v) is 13.2. The van der Waals surface area contributed by atoms with Crippen LogP contribution in [-0.2, 0) is 14.8 Å². The van der Waals surface area contributed by atoms with Gasteiger partial charge in [-0.1, -0.05) is 63.3 Å². The van der Waals surface area contributed by atoms with Gasteiger partial charge in [0, 0.05) is 13.0 Å². The van der Waals surface area contributed by atoms with Crippen molar-refractivity contribution in [2.75, 3.05) is 6.54 Å². The summed E-state index contributed by atoms with van der Waals surface area (Å²) in [6.07, 6.45) is 8.08. The van der Waals surface area contributed by atoms with Gasteiger partial charge in [0.2, 0.25) is 0 Å². The predicted octanol–water partition coefficient (Wildman–Crippen LogP) is 5.15. The Balaban J connectivity index is 2.53. The van der Waals surface area contributed by atoms with Crippen LogP contribution in [0.15, 0.2) is 42.5 Å². The molecule has 25 heavy (non-hydrogen) atoms. The number of nitrogens with one attached hydrogen (secondary N) is 1. The van der Waals surface area contributed by atoms with Gasteiger partial charge in [0.1, 0.15) is 0 Å². The molecule has 0 bridgehead atoms. The van der Waals surface area contributed by atoms with E-state index >= 15 is 0 Å². The van der Waals surface area contributed by atoms with Crippen LogP contribution in [0.3, 0.4) is 0 Å². The van der Waals surface area contributed by atoms with E-state index in [1.807, 2.05) is 30.3 Å². The van der Waals surface area contributed by atoms with E-state index in [0.29, 0.717) is 13.0 Å². The summed E-state index contributed by atoms with van der Waals surface area (Å²) in [5.41, 5.74) is 0.000477. The number of benzene rings is 1. The number of allylic oxidation sites excluding steroid dienone is 1. The maximum Gasteiger partial charge on any atom is 0.256 e. The lowest BCUT2D eigenvalue weighted by molar-refractivity contribution is -0.139. The zero-order valence-electron chi connectivity index (χ0n) is 16.4. The molecule has 3 nitrogen and oxygen atoms in total. The standard InChI is InChI=1S/C21H33NO2Si/c1-20(2,3)25(4,5)24-21(18-14-10-9-11-15-18)16-12-7-6-8-13-17-22-19(21)23/h7,9-12,14-15H,6,8,13,16-17H2,1-5H3,(H,22,23)/b12-7+. The van der Waals surface area contributed by atoms with Gasteiger partial charge in [0.25, 0.3) is 5.91 Å². The second kappa shape index (κ2) is 7.88. The minimum absolute atomic E-state index is 0.00456. The number of amides is 1. The number of carbonyl (C=O) groups is 1. The average Bonchev–Trinajstić information content (AvgIpc) is 2.55. The predicted molar refractivity (Wildman–Crippen MR) is 107 cm³/mol. The molecule has 2 rings (SSSR count). The first-order chi connectivity index (χ1) is 11.7. The molecular weight excluding hydrogens is 326 g/mol. The molecule has 0 spiro atoms. The maximum atomic E-state index is 13.3. The highest BCUT2D eigenvalue weighted by molar-refractivity contribution is 6.74. The molecule has 1 aliphatic rings. The summed E-state index contributed by atoms with van der Waals surface area (Å²) < 4.78 is 6.84. The van der Waals surface area contributed by atoms with Gasteiger partial charge in [0.05, 0.1) is 0 Å². The summed E-state index contributed by atoms with van der Waals surface area (Å²) >= 11 is 0. The number of carbonyl (C=O) groups excluding carboxylic acids is 1. The fourth-order valence-electron chi connectivity index (χ4n) is 2.88. The van der Waals surface area contributed by atoms with Crippen molar-refractivity contribution in [3.63, 3.8) is 0 Å². The first kappa shape index (κ1) is 19.9. The largest absolute Gasteiger partial charge is 0.399 e.